The van der Waals surface area contributed by atoms with Crippen molar-refractivity contribution >= 4 is 29.9 Å². The van der Waals surface area contributed by atoms with E-state index in [1.54, 1.807) is 0 Å². The summed E-state index contributed by atoms with van der Waals surface area (Å²) in [6.45, 7) is 1.34. The lowest BCUT2D eigenvalue weighted by atomic mass is 9.98. The fraction of sp³-hybridized carbons (Fsp3) is 0.235. The van der Waals surface area contributed by atoms with Gasteiger partial charge in [-0.2, -0.15) is 0 Å². The van der Waals surface area contributed by atoms with Crippen LogP contribution in [0.5, 0.6) is 5.75 Å². The third-order valence-electron chi connectivity index (χ3n) is 3.64. The molecule has 0 amide bonds. The van der Waals surface area contributed by atoms with Gasteiger partial charge in [-0.3, -0.25) is 0 Å². The molecule has 0 saturated heterocycles. The Balaban J connectivity index is 0.00000176. The Bertz CT molecular complexity index is 664. The molecule has 0 unspecified atom stereocenters. The lowest BCUT2D eigenvalue weighted by Gasteiger charge is -2.18. The topological polar surface area (TPSA) is 73.6 Å². The average Bonchev–Trinajstić information content (AvgIpc) is 2.53. The van der Waals surface area contributed by atoms with E-state index in [9.17, 15) is 0 Å². The molecule has 22 heavy (non-hydrogen) atoms. The van der Waals surface area contributed by atoms with E-state index in [4.69, 9.17) is 16.2 Å². The molecule has 2 aromatic carbocycles. The second-order valence-corrected chi connectivity index (χ2v) is 5.21. The van der Waals surface area contributed by atoms with Crippen molar-refractivity contribution < 1.29 is 4.74 Å². The summed E-state index contributed by atoms with van der Waals surface area (Å²) < 4.78 is 5.65. The number of fused-ring (bicyclic) bond motifs is 1. The van der Waals surface area contributed by atoms with Crippen LogP contribution >= 0.6 is 24.0 Å². The van der Waals surface area contributed by atoms with E-state index in [1.807, 2.05) is 0 Å². The zero-order valence-corrected chi connectivity index (χ0v) is 14.6. The molecule has 0 saturated carbocycles. The maximum absolute atomic E-state index is 5.65. The van der Waals surface area contributed by atoms with Crippen LogP contribution in [-0.4, -0.2) is 12.6 Å². The van der Waals surface area contributed by atoms with Crippen LogP contribution in [0.15, 0.2) is 47.5 Å². The number of hydrogen-bond acceptors (Lipinski definition) is 2. The predicted octanol–water partition coefficient (Wildman–Crippen LogP) is 3.07. The summed E-state index contributed by atoms with van der Waals surface area (Å²) in [5, 5.41) is 0. The van der Waals surface area contributed by atoms with Crippen molar-refractivity contribution in [2.45, 2.75) is 19.4 Å². The number of guanidine groups is 1. The molecule has 0 aromatic heterocycles. The molecule has 116 valence electrons. The van der Waals surface area contributed by atoms with Crippen molar-refractivity contribution in [1.29, 1.82) is 0 Å². The lowest BCUT2D eigenvalue weighted by Crippen LogP contribution is -2.22. The van der Waals surface area contributed by atoms with Crippen molar-refractivity contribution in [3.05, 3.63) is 53.6 Å². The van der Waals surface area contributed by atoms with E-state index in [0.717, 1.165) is 30.8 Å². The van der Waals surface area contributed by atoms with Crippen molar-refractivity contribution in [2.24, 2.45) is 16.5 Å². The molecule has 0 aliphatic carbocycles. The molecule has 0 atom stereocenters. The maximum Gasteiger partial charge on any atom is 0.186 e. The van der Waals surface area contributed by atoms with Crippen LogP contribution in [0, 0.1) is 0 Å². The highest BCUT2D eigenvalue weighted by Crippen LogP contribution is 2.30. The normalized spacial score (nSPS) is 12.5. The van der Waals surface area contributed by atoms with Crippen LogP contribution in [0.4, 0.5) is 0 Å². The van der Waals surface area contributed by atoms with Gasteiger partial charge < -0.3 is 16.2 Å². The molecular weight excluding hydrogens is 389 g/mol. The molecule has 0 radical (unpaired) electrons. The second-order valence-electron chi connectivity index (χ2n) is 5.21. The number of aryl methyl sites for hydroxylation is 1. The van der Waals surface area contributed by atoms with Crippen LogP contribution in [0.3, 0.4) is 0 Å². The first-order valence-corrected chi connectivity index (χ1v) is 7.13. The summed E-state index contributed by atoms with van der Waals surface area (Å²) in [7, 11) is 0. The number of halogens is 1. The van der Waals surface area contributed by atoms with Crippen LogP contribution < -0.4 is 16.2 Å². The number of hydrogen-bond donors (Lipinski definition) is 2. The first-order valence-electron chi connectivity index (χ1n) is 7.13. The van der Waals surface area contributed by atoms with Gasteiger partial charge in [0.1, 0.15) is 5.75 Å². The molecule has 4 nitrogen and oxygen atoms in total. The van der Waals surface area contributed by atoms with E-state index >= 15 is 0 Å². The monoisotopic (exact) mass is 409 g/mol. The molecule has 5 heteroatoms. The highest BCUT2D eigenvalue weighted by Gasteiger charge is 2.11. The molecule has 2 aromatic rings. The number of nitrogens with zero attached hydrogens (tertiary/aromatic N) is 1. The largest absolute Gasteiger partial charge is 0.493 e. The van der Waals surface area contributed by atoms with Crippen LogP contribution in [0.1, 0.15) is 17.5 Å². The highest BCUT2D eigenvalue weighted by atomic mass is 127. The van der Waals surface area contributed by atoms with Gasteiger partial charge in [-0.15, -0.1) is 24.0 Å². The Kier molecular flexibility index (Phi) is 5.65. The number of aliphatic imine (C=N–C) groups is 1. The second kappa shape index (κ2) is 7.49. The Hall–Kier alpha value is -1.76. The van der Waals surface area contributed by atoms with E-state index in [1.165, 1.54) is 16.7 Å². The molecule has 1 heterocycles. The van der Waals surface area contributed by atoms with Crippen molar-refractivity contribution in [3.63, 3.8) is 0 Å². The van der Waals surface area contributed by atoms with Crippen LogP contribution in [0.2, 0.25) is 0 Å². The van der Waals surface area contributed by atoms with Gasteiger partial charge in [0, 0.05) is 0 Å². The first-order chi connectivity index (χ1) is 10.2. The third kappa shape index (κ3) is 3.91. The van der Waals surface area contributed by atoms with Gasteiger partial charge in [0.25, 0.3) is 0 Å². The minimum absolute atomic E-state index is 0. The average molecular weight is 409 g/mol. The van der Waals surface area contributed by atoms with Gasteiger partial charge in [0.15, 0.2) is 5.96 Å². The molecular formula is C17H20IN3O. The summed E-state index contributed by atoms with van der Waals surface area (Å²) in [6, 6.07) is 14.7. The van der Waals surface area contributed by atoms with E-state index in [2.05, 4.69) is 47.5 Å². The molecule has 1 aliphatic heterocycles. The minimum atomic E-state index is 0. The van der Waals surface area contributed by atoms with Gasteiger partial charge in [0.05, 0.1) is 13.2 Å². The Morgan fingerprint density at radius 1 is 1.05 bits per heavy atom. The smallest absolute Gasteiger partial charge is 0.186 e. The van der Waals surface area contributed by atoms with Crippen molar-refractivity contribution in [3.8, 4) is 16.9 Å². The van der Waals surface area contributed by atoms with Crippen molar-refractivity contribution in [2.75, 3.05) is 6.61 Å². The van der Waals surface area contributed by atoms with Crippen LogP contribution in [-0.2, 0) is 13.0 Å². The molecule has 0 spiro atoms. The van der Waals surface area contributed by atoms with E-state index < -0.39 is 0 Å². The number of nitrogens with two attached hydrogens (primary N) is 2. The molecule has 3 rings (SSSR count). The van der Waals surface area contributed by atoms with E-state index in [-0.39, 0.29) is 29.9 Å². The zero-order chi connectivity index (χ0) is 14.7. The third-order valence-corrected chi connectivity index (χ3v) is 3.64. The molecule has 1 aliphatic rings. The molecule has 4 N–H and O–H groups in total. The first kappa shape index (κ1) is 16.6. The fourth-order valence-electron chi connectivity index (χ4n) is 2.53. The number of benzene rings is 2. The fourth-order valence-corrected chi connectivity index (χ4v) is 2.53. The number of rotatable bonds is 3. The Morgan fingerprint density at radius 3 is 2.50 bits per heavy atom. The van der Waals surface area contributed by atoms with Gasteiger partial charge in [-0.25, -0.2) is 4.99 Å². The summed E-state index contributed by atoms with van der Waals surface area (Å²) in [5.74, 6) is 1.14. The summed E-state index contributed by atoms with van der Waals surface area (Å²) in [4.78, 5) is 4.01. The maximum atomic E-state index is 5.65. The van der Waals surface area contributed by atoms with Gasteiger partial charge in [0.2, 0.25) is 0 Å². The van der Waals surface area contributed by atoms with E-state index in [0.29, 0.717) is 6.54 Å². The quantitative estimate of drug-likeness (QED) is 0.465. The number of ether oxygens (including phenoxy) is 1. The standard InChI is InChI=1S/C17H19N3O.HI/c18-17(19)20-11-12-3-5-13(6-4-12)14-7-8-16-15(10-14)2-1-9-21-16;/h3-8,10H,1-2,9,11H2,(H4,18,19,20);1H. The van der Waals surface area contributed by atoms with Crippen LogP contribution in [0.25, 0.3) is 11.1 Å². The van der Waals surface area contributed by atoms with Crippen molar-refractivity contribution in [1.82, 2.24) is 0 Å². The zero-order valence-electron chi connectivity index (χ0n) is 12.3. The van der Waals surface area contributed by atoms with Gasteiger partial charge >= 0.3 is 0 Å². The minimum Gasteiger partial charge on any atom is -0.493 e. The summed E-state index contributed by atoms with van der Waals surface area (Å²) in [5.41, 5.74) is 15.5. The molecule has 0 bridgehead atoms. The highest BCUT2D eigenvalue weighted by molar-refractivity contribution is 14.0. The lowest BCUT2D eigenvalue weighted by molar-refractivity contribution is 0.288. The van der Waals surface area contributed by atoms with Gasteiger partial charge in [-0.1, -0.05) is 30.3 Å². The Labute approximate surface area is 147 Å². The SMILES string of the molecule is I.NC(N)=NCc1ccc(-c2ccc3c(c2)CCCO3)cc1. The summed E-state index contributed by atoms with van der Waals surface area (Å²) in [6.07, 6.45) is 2.18. The summed E-state index contributed by atoms with van der Waals surface area (Å²) >= 11 is 0. The van der Waals surface area contributed by atoms with Gasteiger partial charge in [-0.05, 0) is 47.2 Å². The molecule has 0 fully saturated rings. The Morgan fingerprint density at radius 2 is 1.77 bits per heavy atom. The predicted molar refractivity (Wildman–Crippen MR) is 101 cm³/mol.